The third kappa shape index (κ3) is 60.1. The first-order valence-corrected chi connectivity index (χ1v) is 30.2. The maximum absolute atomic E-state index is 12.1. The molecule has 10 nitrogen and oxygen atoms in total. The van der Waals surface area contributed by atoms with Gasteiger partial charge >= 0.3 is 37.7 Å². The van der Waals surface area contributed by atoms with Crippen molar-refractivity contribution in [1.29, 1.82) is 0 Å². The molecule has 0 atom stereocenters. The van der Waals surface area contributed by atoms with Gasteiger partial charge < -0.3 is 18.9 Å². The van der Waals surface area contributed by atoms with Crippen LogP contribution in [0.2, 0.25) is 0 Å². The van der Waals surface area contributed by atoms with Crippen molar-refractivity contribution in [3.05, 3.63) is 0 Å². The number of hydrogen-bond donors (Lipinski definition) is 0. The summed E-state index contributed by atoms with van der Waals surface area (Å²) in [7, 11) is -4.77. The molecule has 0 heterocycles. The molecular formula is C52H104CaN2O8S2. The zero-order chi connectivity index (χ0) is 47.8. The minimum absolute atomic E-state index is 0. The van der Waals surface area contributed by atoms with Crippen LogP contribution in [-0.4, -0.2) is 124 Å². The maximum atomic E-state index is 12.1. The molecule has 65 heavy (non-hydrogen) atoms. The van der Waals surface area contributed by atoms with Crippen molar-refractivity contribution in [2.24, 2.45) is 0 Å². The van der Waals surface area contributed by atoms with Crippen LogP contribution in [0.25, 0.3) is 0 Å². The van der Waals surface area contributed by atoms with Crippen LogP contribution in [0.4, 0.5) is 0 Å². The molecule has 0 aliphatic heterocycles. The Hall–Kier alpha value is 0.0197. The van der Waals surface area contributed by atoms with Crippen molar-refractivity contribution in [2.75, 3.05) is 38.7 Å². The minimum Gasteiger partial charge on any atom is -0.748 e. The number of carbonyl (C=O) groups is 2. The van der Waals surface area contributed by atoms with Gasteiger partial charge in [-0.05, 0) is 38.5 Å². The summed E-state index contributed by atoms with van der Waals surface area (Å²) in [6.45, 7) is 5.59. The largest absolute Gasteiger partial charge is 2.00 e. The van der Waals surface area contributed by atoms with E-state index >= 15 is 0 Å². The van der Waals surface area contributed by atoms with Crippen LogP contribution in [0.1, 0.15) is 284 Å². The quantitative estimate of drug-likeness (QED) is 0.0331. The average Bonchev–Trinajstić information content (AvgIpc) is 3.25. The average molecular weight is 990 g/mol. The second kappa shape index (κ2) is 51.9. The Morgan fingerprint density at radius 1 is 0.323 bits per heavy atom. The van der Waals surface area contributed by atoms with Gasteiger partial charge in [-0.2, -0.15) is 0 Å². The summed E-state index contributed by atoms with van der Waals surface area (Å²) >= 11 is 0. The summed E-state index contributed by atoms with van der Waals surface area (Å²) in [5.41, 5.74) is 0. The fourth-order valence-corrected chi connectivity index (χ4v) is 9.36. The van der Waals surface area contributed by atoms with E-state index in [1.807, 2.05) is 0 Å². The fraction of sp³-hybridized carbons (Fsp3) is 0.962. The van der Waals surface area contributed by atoms with Gasteiger partial charge in [-0.1, -0.05) is 232 Å². The summed E-state index contributed by atoms with van der Waals surface area (Å²) in [6.07, 6.45) is 51.0. The van der Waals surface area contributed by atoms with Crippen molar-refractivity contribution in [3.63, 3.8) is 0 Å². The first-order valence-electron chi connectivity index (χ1n) is 27.1. The Bertz CT molecular complexity index is 1150. The smallest absolute Gasteiger partial charge is 0.748 e. The van der Waals surface area contributed by atoms with E-state index in [0.717, 1.165) is 25.7 Å². The minimum atomic E-state index is -4.14. The Balaban J connectivity index is -0.00000116. The molecule has 0 rings (SSSR count). The number of nitrogens with zero attached hydrogens (tertiary/aromatic N) is 2. The molecule has 2 amide bonds. The SMILES string of the molecule is CCCCCCCCCCCCCCCCCCCCC(=O)N(C)CCCCS(=O)(=O)[O-].CCCCCCCCCCCCCCCCCCCCC(=O)N(C)CCCCS(=O)(=O)[O-].[Ca+2]. The molecule has 0 unspecified atom stereocenters. The van der Waals surface area contributed by atoms with Gasteiger partial charge in [-0.15, -0.1) is 0 Å². The van der Waals surface area contributed by atoms with Crippen molar-refractivity contribution in [2.45, 2.75) is 284 Å². The summed E-state index contributed by atoms with van der Waals surface area (Å²) in [4.78, 5) is 27.4. The second-order valence-electron chi connectivity index (χ2n) is 19.1. The predicted octanol–water partition coefficient (Wildman–Crippen LogP) is 14.0. The van der Waals surface area contributed by atoms with Gasteiger partial charge in [0.2, 0.25) is 11.8 Å². The Morgan fingerprint density at radius 3 is 0.692 bits per heavy atom. The zero-order valence-electron chi connectivity index (χ0n) is 43.2. The van der Waals surface area contributed by atoms with Gasteiger partial charge in [0, 0.05) is 51.5 Å². The summed E-state index contributed by atoms with van der Waals surface area (Å²) in [6, 6.07) is 0. The first-order chi connectivity index (χ1) is 30.7. The molecule has 13 heteroatoms. The number of unbranched alkanes of at least 4 members (excludes halogenated alkanes) is 36. The first kappa shape index (κ1) is 69.3. The van der Waals surface area contributed by atoms with E-state index in [1.54, 1.807) is 23.9 Å². The van der Waals surface area contributed by atoms with Crippen LogP contribution in [0.5, 0.6) is 0 Å². The van der Waals surface area contributed by atoms with Gasteiger partial charge in [0.25, 0.3) is 0 Å². The van der Waals surface area contributed by atoms with Crippen molar-refractivity contribution in [1.82, 2.24) is 9.80 Å². The number of hydrogen-bond acceptors (Lipinski definition) is 8. The molecule has 0 spiro atoms. The second-order valence-corrected chi connectivity index (χ2v) is 22.1. The molecule has 0 aromatic rings. The van der Waals surface area contributed by atoms with E-state index in [-0.39, 0.29) is 61.1 Å². The van der Waals surface area contributed by atoms with E-state index in [1.165, 1.54) is 205 Å². The number of rotatable bonds is 48. The molecule has 0 fully saturated rings. The van der Waals surface area contributed by atoms with Crippen LogP contribution in [0.3, 0.4) is 0 Å². The Morgan fingerprint density at radius 2 is 0.508 bits per heavy atom. The standard InChI is InChI=1S/2C26H53NO4S.Ca/c2*1-3-4-5-6-7-8-9-10-11-12-13-14-15-16-17-18-19-20-23-26(28)27(2)24-21-22-25-32(29,30)31;/h2*3-25H2,1-2H3,(H,29,30,31);/q;;+2/p-2. The Labute approximate surface area is 434 Å². The van der Waals surface area contributed by atoms with Gasteiger partial charge in [0.15, 0.2) is 0 Å². The van der Waals surface area contributed by atoms with E-state index in [0.29, 0.717) is 51.6 Å². The molecule has 0 aliphatic carbocycles. The zero-order valence-corrected chi connectivity index (χ0v) is 47.1. The van der Waals surface area contributed by atoms with E-state index < -0.39 is 20.2 Å². The van der Waals surface area contributed by atoms with Crippen LogP contribution in [0.15, 0.2) is 0 Å². The van der Waals surface area contributed by atoms with Crippen molar-refractivity contribution >= 4 is 69.8 Å². The number of amides is 2. The predicted molar refractivity (Wildman–Crippen MR) is 275 cm³/mol. The molecular weight excluding hydrogens is 885 g/mol. The third-order valence-corrected chi connectivity index (χ3v) is 14.2. The van der Waals surface area contributed by atoms with E-state index in [2.05, 4.69) is 13.8 Å². The van der Waals surface area contributed by atoms with Crippen LogP contribution >= 0.6 is 0 Å². The molecule has 0 aromatic carbocycles. The molecule has 0 bridgehead atoms. The van der Waals surface area contributed by atoms with E-state index in [9.17, 15) is 35.5 Å². The summed E-state index contributed by atoms with van der Waals surface area (Å²) in [5.74, 6) is -0.444. The molecule has 384 valence electrons. The molecule has 0 saturated carbocycles. The van der Waals surface area contributed by atoms with Gasteiger partial charge in [-0.3, -0.25) is 9.59 Å². The van der Waals surface area contributed by atoms with Crippen molar-refractivity contribution in [3.8, 4) is 0 Å². The molecule has 0 radical (unpaired) electrons. The molecule has 0 N–H and O–H groups in total. The topological polar surface area (TPSA) is 155 Å². The normalized spacial score (nSPS) is 11.5. The molecule has 0 aromatic heterocycles. The summed E-state index contributed by atoms with van der Waals surface area (Å²) in [5, 5.41) is 0. The summed E-state index contributed by atoms with van der Waals surface area (Å²) < 4.78 is 63.4. The fourth-order valence-electron chi connectivity index (χ4n) is 8.24. The van der Waals surface area contributed by atoms with Crippen LogP contribution in [-0.2, 0) is 29.8 Å². The molecule has 0 aliphatic rings. The Kier molecular flexibility index (Phi) is 55.3. The monoisotopic (exact) mass is 989 g/mol. The maximum Gasteiger partial charge on any atom is 2.00 e. The van der Waals surface area contributed by atoms with Crippen LogP contribution < -0.4 is 0 Å². The van der Waals surface area contributed by atoms with Crippen LogP contribution in [0, 0.1) is 0 Å². The van der Waals surface area contributed by atoms with Crippen molar-refractivity contribution < 1.29 is 35.5 Å². The van der Waals surface area contributed by atoms with Gasteiger partial charge in [0.1, 0.15) is 0 Å². The van der Waals surface area contributed by atoms with E-state index in [4.69, 9.17) is 0 Å². The number of carbonyl (C=O) groups excluding carboxylic acids is 2. The van der Waals surface area contributed by atoms with Gasteiger partial charge in [-0.25, -0.2) is 16.8 Å². The van der Waals surface area contributed by atoms with Gasteiger partial charge in [0.05, 0.1) is 20.2 Å². The molecule has 0 saturated heterocycles. The third-order valence-electron chi connectivity index (χ3n) is 12.6.